The fourth-order valence-corrected chi connectivity index (χ4v) is 2.50. The number of benzene rings is 1. The van der Waals surface area contributed by atoms with E-state index in [0.717, 1.165) is 18.8 Å². The largest absolute Gasteiger partial charge is 0.321 e. The van der Waals surface area contributed by atoms with E-state index in [1.165, 1.54) is 24.8 Å². The van der Waals surface area contributed by atoms with Gasteiger partial charge in [0, 0.05) is 30.9 Å². The van der Waals surface area contributed by atoms with Gasteiger partial charge in [-0.1, -0.05) is 24.1 Å². The van der Waals surface area contributed by atoms with E-state index in [2.05, 4.69) is 10.6 Å². The lowest BCUT2D eigenvalue weighted by molar-refractivity contribution is 0.132. The monoisotopic (exact) mass is 259 g/mol. The number of amides is 2. The van der Waals surface area contributed by atoms with E-state index >= 15 is 0 Å². The molecule has 1 aliphatic carbocycles. The van der Waals surface area contributed by atoms with Gasteiger partial charge in [-0.15, -0.1) is 0 Å². The Balaban J connectivity index is 1.43. The minimum absolute atomic E-state index is 0.00973. The number of carbonyl (C=O) groups is 1. The molecule has 1 aromatic rings. The summed E-state index contributed by atoms with van der Waals surface area (Å²) < 4.78 is 0. The fourth-order valence-electron chi connectivity index (χ4n) is 2.50. The van der Waals surface area contributed by atoms with Crippen molar-refractivity contribution in [1.29, 1.82) is 0 Å². The molecule has 4 heteroatoms. The summed E-state index contributed by atoms with van der Waals surface area (Å²) in [5, 5.41) is 6.52. The number of urea groups is 1. The van der Waals surface area contributed by atoms with Crippen LogP contribution in [0.3, 0.4) is 0 Å². The summed E-state index contributed by atoms with van der Waals surface area (Å²) in [5.74, 6) is 0. The predicted molar refractivity (Wildman–Crippen MR) is 76.3 cm³/mol. The summed E-state index contributed by atoms with van der Waals surface area (Å²) in [7, 11) is 0. The molecule has 0 radical (unpaired) electrons. The highest BCUT2D eigenvalue weighted by molar-refractivity contribution is 5.89. The Labute approximate surface area is 114 Å². The Morgan fingerprint density at radius 2 is 1.84 bits per heavy atom. The second-order valence-electron chi connectivity index (χ2n) is 5.69. The quantitative estimate of drug-likeness (QED) is 0.875. The summed E-state index contributed by atoms with van der Waals surface area (Å²) in [6.45, 7) is 3.69. The molecule has 0 atom stereocenters. The first-order valence-electron chi connectivity index (χ1n) is 7.09. The van der Waals surface area contributed by atoms with Crippen LogP contribution in [-0.4, -0.2) is 36.1 Å². The molecule has 1 aliphatic heterocycles. The molecule has 1 aromatic carbocycles. The molecule has 3 rings (SSSR count). The zero-order valence-corrected chi connectivity index (χ0v) is 11.4. The van der Waals surface area contributed by atoms with Crippen molar-refractivity contribution < 1.29 is 4.79 Å². The normalized spacial score (nSPS) is 19.7. The first kappa shape index (κ1) is 12.5. The summed E-state index contributed by atoms with van der Waals surface area (Å²) in [4.78, 5) is 13.8. The Morgan fingerprint density at radius 1 is 1.16 bits per heavy atom. The van der Waals surface area contributed by atoms with Gasteiger partial charge in [0.15, 0.2) is 0 Å². The van der Waals surface area contributed by atoms with Gasteiger partial charge < -0.3 is 15.5 Å². The van der Waals surface area contributed by atoms with E-state index in [4.69, 9.17) is 0 Å². The first-order valence-corrected chi connectivity index (χ1v) is 7.09. The summed E-state index contributed by atoms with van der Waals surface area (Å²) in [6.07, 6.45) is 3.94. The van der Waals surface area contributed by atoms with Crippen LogP contribution < -0.4 is 10.6 Å². The molecular formula is C15H21N3O. The predicted octanol–water partition coefficient (Wildman–Crippen LogP) is 2.35. The van der Waals surface area contributed by atoms with Crippen molar-refractivity contribution in [2.45, 2.75) is 38.3 Å². The number of nitrogens with zero attached hydrogens (tertiary/aromatic N) is 1. The SMILES string of the molecule is Cc1ccc(NC(=O)N2CC(NC3CCC3)C2)cc1. The number of likely N-dealkylation sites (tertiary alicyclic amines) is 1. The summed E-state index contributed by atoms with van der Waals surface area (Å²) in [6, 6.07) is 9.10. The van der Waals surface area contributed by atoms with E-state index < -0.39 is 0 Å². The van der Waals surface area contributed by atoms with Crippen LogP contribution in [0, 0.1) is 6.92 Å². The highest BCUT2D eigenvalue weighted by Crippen LogP contribution is 2.21. The maximum atomic E-state index is 12.0. The number of hydrogen-bond donors (Lipinski definition) is 2. The van der Waals surface area contributed by atoms with Gasteiger partial charge >= 0.3 is 6.03 Å². The highest BCUT2D eigenvalue weighted by atomic mass is 16.2. The summed E-state index contributed by atoms with van der Waals surface area (Å²) >= 11 is 0. The molecule has 2 N–H and O–H groups in total. The van der Waals surface area contributed by atoms with Gasteiger partial charge in [0.05, 0.1) is 0 Å². The maximum absolute atomic E-state index is 12.0. The molecule has 2 amide bonds. The molecule has 102 valence electrons. The van der Waals surface area contributed by atoms with Crippen LogP contribution in [0.5, 0.6) is 0 Å². The Morgan fingerprint density at radius 3 is 2.42 bits per heavy atom. The number of carbonyl (C=O) groups excluding carboxylic acids is 1. The van der Waals surface area contributed by atoms with E-state index in [9.17, 15) is 4.79 Å². The topological polar surface area (TPSA) is 44.4 Å². The molecule has 4 nitrogen and oxygen atoms in total. The van der Waals surface area contributed by atoms with Crippen LogP contribution in [0.2, 0.25) is 0 Å². The van der Waals surface area contributed by atoms with Gasteiger partial charge in [0.2, 0.25) is 0 Å². The lowest BCUT2D eigenvalue weighted by atomic mass is 9.91. The van der Waals surface area contributed by atoms with Crippen molar-refractivity contribution in [2.24, 2.45) is 0 Å². The van der Waals surface area contributed by atoms with Crippen molar-refractivity contribution >= 4 is 11.7 Å². The van der Waals surface area contributed by atoms with E-state index in [1.54, 1.807) is 0 Å². The molecular weight excluding hydrogens is 238 g/mol. The van der Waals surface area contributed by atoms with E-state index in [1.807, 2.05) is 36.1 Å². The zero-order chi connectivity index (χ0) is 13.2. The molecule has 1 saturated heterocycles. The van der Waals surface area contributed by atoms with Crippen LogP contribution in [0.4, 0.5) is 10.5 Å². The number of aryl methyl sites for hydroxylation is 1. The molecule has 2 fully saturated rings. The molecule has 1 saturated carbocycles. The van der Waals surface area contributed by atoms with Gasteiger partial charge in [-0.25, -0.2) is 4.79 Å². The third-order valence-corrected chi connectivity index (χ3v) is 4.05. The van der Waals surface area contributed by atoms with Gasteiger partial charge in [-0.2, -0.15) is 0 Å². The third kappa shape index (κ3) is 2.89. The summed E-state index contributed by atoms with van der Waals surface area (Å²) in [5.41, 5.74) is 2.07. The third-order valence-electron chi connectivity index (χ3n) is 4.05. The second kappa shape index (κ2) is 5.21. The van der Waals surface area contributed by atoms with Crippen LogP contribution in [-0.2, 0) is 0 Å². The lowest BCUT2D eigenvalue weighted by Crippen LogP contribution is -2.63. The van der Waals surface area contributed by atoms with Crippen molar-refractivity contribution in [3.8, 4) is 0 Å². The van der Waals surface area contributed by atoms with Gasteiger partial charge in [-0.3, -0.25) is 0 Å². The second-order valence-corrected chi connectivity index (χ2v) is 5.69. The van der Waals surface area contributed by atoms with Crippen LogP contribution >= 0.6 is 0 Å². The molecule has 0 aromatic heterocycles. The van der Waals surface area contributed by atoms with E-state index in [-0.39, 0.29) is 6.03 Å². The van der Waals surface area contributed by atoms with Crippen molar-refractivity contribution in [1.82, 2.24) is 10.2 Å². The van der Waals surface area contributed by atoms with Crippen LogP contribution in [0.25, 0.3) is 0 Å². The molecule has 2 aliphatic rings. The first-order chi connectivity index (χ1) is 9.20. The highest BCUT2D eigenvalue weighted by Gasteiger charge is 2.33. The van der Waals surface area contributed by atoms with Crippen molar-refractivity contribution in [2.75, 3.05) is 18.4 Å². The molecule has 0 spiro atoms. The number of hydrogen-bond acceptors (Lipinski definition) is 2. The van der Waals surface area contributed by atoms with Crippen LogP contribution in [0.1, 0.15) is 24.8 Å². The fraction of sp³-hybridized carbons (Fsp3) is 0.533. The molecule has 1 heterocycles. The van der Waals surface area contributed by atoms with Gasteiger partial charge in [0.25, 0.3) is 0 Å². The molecule has 19 heavy (non-hydrogen) atoms. The number of rotatable bonds is 3. The zero-order valence-electron chi connectivity index (χ0n) is 11.4. The van der Waals surface area contributed by atoms with Gasteiger partial charge in [-0.05, 0) is 31.9 Å². The smallest absolute Gasteiger partial charge is 0.321 e. The minimum atomic E-state index is 0.00973. The van der Waals surface area contributed by atoms with Crippen molar-refractivity contribution in [3.05, 3.63) is 29.8 Å². The molecule has 0 bridgehead atoms. The maximum Gasteiger partial charge on any atom is 0.321 e. The standard InChI is InChI=1S/C15H21N3O/c1-11-5-7-13(8-6-11)17-15(19)18-9-14(10-18)16-12-3-2-4-12/h5-8,12,14,16H,2-4,9-10H2,1H3,(H,17,19). The molecule has 0 unspecified atom stereocenters. The van der Waals surface area contributed by atoms with Crippen LogP contribution in [0.15, 0.2) is 24.3 Å². The lowest BCUT2D eigenvalue weighted by Gasteiger charge is -2.43. The number of nitrogens with one attached hydrogen (secondary N) is 2. The van der Waals surface area contributed by atoms with Gasteiger partial charge in [0.1, 0.15) is 0 Å². The van der Waals surface area contributed by atoms with E-state index in [0.29, 0.717) is 12.1 Å². The Bertz CT molecular complexity index is 447. The minimum Gasteiger partial charge on any atom is -0.321 e. The average Bonchev–Trinajstić information content (AvgIpc) is 2.28. The average molecular weight is 259 g/mol. The Hall–Kier alpha value is -1.55. The Kier molecular flexibility index (Phi) is 3.42. The van der Waals surface area contributed by atoms with Crippen molar-refractivity contribution in [3.63, 3.8) is 0 Å². The number of anilines is 1.